The number of benzene rings is 1. The van der Waals surface area contributed by atoms with E-state index >= 15 is 0 Å². The van der Waals surface area contributed by atoms with Crippen LogP contribution in [0.5, 0.6) is 5.75 Å². The Bertz CT molecular complexity index is 600. The second-order valence-corrected chi connectivity index (χ2v) is 7.03. The highest BCUT2D eigenvalue weighted by Crippen LogP contribution is 2.42. The molecule has 112 valence electrons. The normalized spacial score (nSPS) is 14.7. The Morgan fingerprint density at radius 2 is 2.00 bits per heavy atom. The minimum Gasteiger partial charge on any atom is -0.486 e. The molecule has 1 aromatic heterocycles. The number of nitrogens with zero attached hydrogens (tertiary/aromatic N) is 1. The molecule has 1 aromatic carbocycles. The first-order valence-electron chi connectivity index (χ1n) is 7.49. The first kappa shape index (κ1) is 14.5. The molecular formula is C17H21NO2S. The van der Waals surface area contributed by atoms with Gasteiger partial charge in [-0.15, -0.1) is 11.3 Å². The van der Waals surface area contributed by atoms with Crippen LogP contribution in [-0.2, 0) is 13.2 Å². The van der Waals surface area contributed by atoms with Crippen molar-refractivity contribution in [3.8, 4) is 5.75 Å². The van der Waals surface area contributed by atoms with Gasteiger partial charge in [-0.3, -0.25) is 0 Å². The molecule has 0 bridgehead atoms. The average Bonchev–Trinajstić information content (AvgIpc) is 3.26. The summed E-state index contributed by atoms with van der Waals surface area (Å²) in [5.41, 5.74) is 2.41. The van der Waals surface area contributed by atoms with Crippen molar-refractivity contribution in [1.29, 1.82) is 0 Å². The molecule has 2 aromatic rings. The average molecular weight is 303 g/mol. The molecule has 3 rings (SSSR count). The number of aliphatic hydroxyl groups is 1. The van der Waals surface area contributed by atoms with E-state index in [1.165, 1.54) is 18.4 Å². The van der Waals surface area contributed by atoms with E-state index in [9.17, 15) is 5.11 Å². The molecule has 3 nitrogen and oxygen atoms in total. The maximum atomic E-state index is 9.41. The second kappa shape index (κ2) is 6.16. The fourth-order valence-corrected chi connectivity index (χ4v) is 3.29. The van der Waals surface area contributed by atoms with Crippen LogP contribution in [0.3, 0.4) is 0 Å². The number of aliphatic hydroxyl groups excluding tert-OH is 1. The van der Waals surface area contributed by atoms with E-state index in [1.807, 2.05) is 12.1 Å². The first-order valence-corrected chi connectivity index (χ1v) is 8.31. The molecule has 0 unspecified atom stereocenters. The zero-order valence-corrected chi connectivity index (χ0v) is 13.3. The molecule has 0 amide bonds. The van der Waals surface area contributed by atoms with Gasteiger partial charge in [-0.1, -0.05) is 26.0 Å². The lowest BCUT2D eigenvalue weighted by Crippen LogP contribution is -1.96. The van der Waals surface area contributed by atoms with Gasteiger partial charge in [0.1, 0.15) is 17.4 Å². The van der Waals surface area contributed by atoms with E-state index in [-0.39, 0.29) is 6.61 Å². The van der Waals surface area contributed by atoms with Crippen molar-refractivity contribution in [3.05, 3.63) is 45.4 Å². The van der Waals surface area contributed by atoms with Crippen LogP contribution >= 0.6 is 11.3 Å². The Balaban J connectivity index is 1.64. The first-order chi connectivity index (χ1) is 10.2. The minimum atomic E-state index is 0.0899. The Morgan fingerprint density at radius 1 is 1.29 bits per heavy atom. The summed E-state index contributed by atoms with van der Waals surface area (Å²) in [7, 11) is 0. The third-order valence-electron chi connectivity index (χ3n) is 3.79. The van der Waals surface area contributed by atoms with Crippen LogP contribution in [0.1, 0.15) is 59.7 Å². The Morgan fingerprint density at radius 3 is 2.57 bits per heavy atom. The molecule has 4 heteroatoms. The van der Waals surface area contributed by atoms with Crippen molar-refractivity contribution in [2.45, 2.75) is 51.7 Å². The van der Waals surface area contributed by atoms with Crippen LogP contribution < -0.4 is 4.74 Å². The Kier molecular flexibility index (Phi) is 4.27. The molecule has 0 saturated heterocycles. The van der Waals surface area contributed by atoms with Gasteiger partial charge in [0.05, 0.1) is 17.2 Å². The monoisotopic (exact) mass is 303 g/mol. The standard InChI is InChI=1S/C17H21NO2S/c1-11(2)12-5-7-14(8-6-12)20-10-16-18-17(13-3-4-13)15(9-19)21-16/h5-8,11,13,19H,3-4,9-10H2,1-2H3. The van der Waals surface area contributed by atoms with Gasteiger partial charge in [-0.05, 0) is 36.5 Å². The summed E-state index contributed by atoms with van der Waals surface area (Å²) in [6.45, 7) is 4.93. The summed E-state index contributed by atoms with van der Waals surface area (Å²) in [4.78, 5) is 5.64. The van der Waals surface area contributed by atoms with Gasteiger partial charge in [0.2, 0.25) is 0 Å². The minimum absolute atomic E-state index is 0.0899. The van der Waals surface area contributed by atoms with E-state index in [4.69, 9.17) is 4.74 Å². The molecule has 21 heavy (non-hydrogen) atoms. The molecule has 0 aliphatic heterocycles. The smallest absolute Gasteiger partial charge is 0.140 e. The van der Waals surface area contributed by atoms with Gasteiger partial charge in [0, 0.05) is 5.92 Å². The highest BCUT2D eigenvalue weighted by molar-refractivity contribution is 7.11. The van der Waals surface area contributed by atoms with Crippen molar-refractivity contribution in [1.82, 2.24) is 4.98 Å². The number of thiazole rings is 1. The summed E-state index contributed by atoms with van der Waals surface area (Å²) in [6.07, 6.45) is 2.40. The molecule has 0 radical (unpaired) electrons. The van der Waals surface area contributed by atoms with E-state index in [0.29, 0.717) is 18.4 Å². The zero-order valence-electron chi connectivity index (χ0n) is 12.5. The van der Waals surface area contributed by atoms with Gasteiger partial charge in [0.15, 0.2) is 0 Å². The van der Waals surface area contributed by atoms with Gasteiger partial charge < -0.3 is 9.84 Å². The molecule has 1 aliphatic rings. The number of hydrogen-bond acceptors (Lipinski definition) is 4. The molecule has 1 N–H and O–H groups in total. The highest BCUT2D eigenvalue weighted by Gasteiger charge is 2.29. The Hall–Kier alpha value is -1.39. The predicted octanol–water partition coefficient (Wildman–Crippen LogP) is 4.22. The van der Waals surface area contributed by atoms with Crippen molar-refractivity contribution >= 4 is 11.3 Å². The van der Waals surface area contributed by atoms with Crippen LogP contribution in [0, 0.1) is 0 Å². The van der Waals surface area contributed by atoms with Gasteiger partial charge in [-0.2, -0.15) is 0 Å². The molecule has 0 atom stereocenters. The molecule has 1 fully saturated rings. The Labute approximate surface area is 129 Å². The molecule has 1 heterocycles. The lowest BCUT2D eigenvalue weighted by atomic mass is 10.0. The van der Waals surface area contributed by atoms with E-state index in [2.05, 4.69) is 31.0 Å². The topological polar surface area (TPSA) is 42.4 Å². The summed E-state index contributed by atoms with van der Waals surface area (Å²) >= 11 is 1.57. The molecule has 0 spiro atoms. The lowest BCUT2D eigenvalue weighted by Gasteiger charge is -2.07. The van der Waals surface area contributed by atoms with Gasteiger partial charge in [0.25, 0.3) is 0 Å². The third kappa shape index (κ3) is 3.44. The summed E-state index contributed by atoms with van der Waals surface area (Å²) in [5.74, 6) is 1.97. The van der Waals surface area contributed by atoms with Crippen molar-refractivity contribution in [2.75, 3.05) is 0 Å². The van der Waals surface area contributed by atoms with Crippen molar-refractivity contribution in [2.24, 2.45) is 0 Å². The van der Waals surface area contributed by atoms with E-state index in [0.717, 1.165) is 21.3 Å². The summed E-state index contributed by atoms with van der Waals surface area (Å²) in [6, 6.07) is 8.24. The fraction of sp³-hybridized carbons (Fsp3) is 0.471. The van der Waals surface area contributed by atoms with Crippen LogP contribution in [0.15, 0.2) is 24.3 Å². The molecular weight excluding hydrogens is 282 g/mol. The number of rotatable bonds is 6. The van der Waals surface area contributed by atoms with Gasteiger partial charge >= 0.3 is 0 Å². The summed E-state index contributed by atoms with van der Waals surface area (Å²) in [5, 5.41) is 10.4. The highest BCUT2D eigenvalue weighted by atomic mass is 32.1. The SMILES string of the molecule is CC(C)c1ccc(OCc2nc(C3CC3)c(CO)s2)cc1. The van der Waals surface area contributed by atoms with E-state index in [1.54, 1.807) is 11.3 Å². The number of hydrogen-bond donors (Lipinski definition) is 1. The van der Waals surface area contributed by atoms with Gasteiger partial charge in [-0.25, -0.2) is 4.98 Å². The number of ether oxygens (including phenoxy) is 1. The quantitative estimate of drug-likeness (QED) is 0.869. The molecule has 1 saturated carbocycles. The van der Waals surface area contributed by atoms with Crippen LogP contribution in [0.4, 0.5) is 0 Å². The maximum Gasteiger partial charge on any atom is 0.140 e. The maximum absolute atomic E-state index is 9.41. The van der Waals surface area contributed by atoms with E-state index < -0.39 is 0 Å². The fourth-order valence-electron chi connectivity index (χ4n) is 2.36. The zero-order chi connectivity index (χ0) is 14.8. The summed E-state index contributed by atoms with van der Waals surface area (Å²) < 4.78 is 5.81. The van der Waals surface area contributed by atoms with Crippen LogP contribution in [0.25, 0.3) is 0 Å². The van der Waals surface area contributed by atoms with Crippen molar-refractivity contribution < 1.29 is 9.84 Å². The lowest BCUT2D eigenvalue weighted by molar-refractivity contribution is 0.284. The number of aromatic nitrogens is 1. The molecule has 1 aliphatic carbocycles. The largest absolute Gasteiger partial charge is 0.486 e. The third-order valence-corrected chi connectivity index (χ3v) is 4.82. The second-order valence-electron chi connectivity index (χ2n) is 5.86. The van der Waals surface area contributed by atoms with Crippen molar-refractivity contribution in [3.63, 3.8) is 0 Å². The van der Waals surface area contributed by atoms with Crippen LogP contribution in [0.2, 0.25) is 0 Å². The van der Waals surface area contributed by atoms with Crippen LogP contribution in [-0.4, -0.2) is 10.1 Å². The predicted molar refractivity (Wildman–Crippen MR) is 84.9 cm³/mol.